The van der Waals surface area contributed by atoms with Crippen molar-refractivity contribution in [1.82, 2.24) is 4.90 Å². The van der Waals surface area contributed by atoms with Gasteiger partial charge in [0.25, 0.3) is 5.91 Å². The second-order valence-corrected chi connectivity index (χ2v) is 8.13. The van der Waals surface area contributed by atoms with Crippen molar-refractivity contribution < 1.29 is 14.3 Å². The Hall–Kier alpha value is -2.69. The van der Waals surface area contributed by atoms with Gasteiger partial charge in [-0.05, 0) is 35.2 Å². The number of nitrogens with zero attached hydrogens (tertiary/aromatic N) is 2. The second kappa shape index (κ2) is 8.55. The monoisotopic (exact) mass is 382 g/mol. The van der Waals surface area contributed by atoms with Crippen molar-refractivity contribution in [3.63, 3.8) is 0 Å². The predicted octanol–water partition coefficient (Wildman–Crippen LogP) is 3.72. The summed E-state index contributed by atoms with van der Waals surface area (Å²) in [5.74, 6) is 1.61. The van der Waals surface area contributed by atoms with Crippen molar-refractivity contribution in [3.8, 4) is 11.5 Å². The van der Waals surface area contributed by atoms with Gasteiger partial charge in [0.15, 0.2) is 6.61 Å². The van der Waals surface area contributed by atoms with Crippen LogP contribution in [0.4, 0.5) is 5.69 Å². The summed E-state index contributed by atoms with van der Waals surface area (Å²) in [6, 6.07) is 16.0. The lowest BCUT2D eigenvalue weighted by Crippen LogP contribution is -2.50. The number of carbonyl (C=O) groups excluding carboxylic acids is 1. The number of rotatable bonds is 5. The molecule has 150 valence electrons. The number of piperazine rings is 1. The Morgan fingerprint density at radius 1 is 0.964 bits per heavy atom. The maximum absolute atomic E-state index is 12.5. The fourth-order valence-corrected chi connectivity index (χ4v) is 3.31. The first kappa shape index (κ1) is 20.1. The summed E-state index contributed by atoms with van der Waals surface area (Å²) in [5, 5.41) is 0. The van der Waals surface area contributed by atoms with E-state index >= 15 is 0 Å². The van der Waals surface area contributed by atoms with Crippen LogP contribution in [0.5, 0.6) is 11.5 Å². The molecule has 0 atom stereocenters. The summed E-state index contributed by atoms with van der Waals surface area (Å²) in [7, 11) is 1.67. The third-order valence-corrected chi connectivity index (χ3v) is 5.13. The van der Waals surface area contributed by atoms with Gasteiger partial charge in [-0.2, -0.15) is 0 Å². The average Bonchev–Trinajstić information content (AvgIpc) is 2.72. The molecule has 2 aromatic rings. The van der Waals surface area contributed by atoms with Crippen LogP contribution in [-0.4, -0.2) is 50.7 Å². The van der Waals surface area contributed by atoms with Crippen LogP contribution in [0.25, 0.3) is 0 Å². The van der Waals surface area contributed by atoms with Gasteiger partial charge in [-0.1, -0.05) is 39.0 Å². The molecule has 0 aromatic heterocycles. The minimum atomic E-state index is 0.0326. The molecule has 28 heavy (non-hydrogen) atoms. The number of amides is 1. The smallest absolute Gasteiger partial charge is 0.260 e. The van der Waals surface area contributed by atoms with Gasteiger partial charge in [0, 0.05) is 37.9 Å². The molecule has 0 bridgehead atoms. The van der Waals surface area contributed by atoms with Gasteiger partial charge >= 0.3 is 0 Å². The minimum Gasteiger partial charge on any atom is -0.497 e. The topological polar surface area (TPSA) is 42.0 Å². The zero-order chi connectivity index (χ0) is 20.1. The van der Waals surface area contributed by atoms with E-state index in [0.717, 1.165) is 30.3 Å². The molecule has 1 heterocycles. The number of benzene rings is 2. The van der Waals surface area contributed by atoms with Gasteiger partial charge in [0.05, 0.1) is 7.11 Å². The molecule has 0 N–H and O–H groups in total. The molecule has 1 aliphatic heterocycles. The van der Waals surface area contributed by atoms with Crippen molar-refractivity contribution in [2.45, 2.75) is 26.2 Å². The van der Waals surface area contributed by atoms with E-state index < -0.39 is 0 Å². The molecule has 1 amide bonds. The van der Waals surface area contributed by atoms with Gasteiger partial charge in [0.1, 0.15) is 11.5 Å². The van der Waals surface area contributed by atoms with Crippen LogP contribution in [0.2, 0.25) is 0 Å². The zero-order valence-electron chi connectivity index (χ0n) is 17.3. The summed E-state index contributed by atoms with van der Waals surface area (Å²) in [5.41, 5.74) is 2.48. The number of methoxy groups -OCH3 is 1. The number of carbonyl (C=O) groups is 1. The summed E-state index contributed by atoms with van der Waals surface area (Å²) < 4.78 is 11.0. The standard InChI is InChI=1S/C23H30N2O3/c1-23(2,3)18-8-10-20(11-9-18)28-17-22(26)25-14-12-24(13-15-25)19-6-5-7-21(16-19)27-4/h5-11,16H,12-15,17H2,1-4H3. The molecule has 1 aliphatic rings. The number of hydrogen-bond donors (Lipinski definition) is 0. The lowest BCUT2D eigenvalue weighted by molar-refractivity contribution is -0.133. The van der Waals surface area contributed by atoms with Crippen molar-refractivity contribution in [2.75, 3.05) is 44.8 Å². The molecule has 5 nitrogen and oxygen atoms in total. The third-order valence-electron chi connectivity index (χ3n) is 5.13. The molecular weight excluding hydrogens is 352 g/mol. The van der Waals surface area contributed by atoms with E-state index in [2.05, 4.69) is 43.9 Å². The second-order valence-electron chi connectivity index (χ2n) is 8.13. The maximum atomic E-state index is 12.5. The molecule has 0 spiro atoms. The van der Waals surface area contributed by atoms with Crippen LogP contribution in [0.1, 0.15) is 26.3 Å². The fraction of sp³-hybridized carbons (Fsp3) is 0.435. The summed E-state index contributed by atoms with van der Waals surface area (Å²) >= 11 is 0. The first-order valence-electron chi connectivity index (χ1n) is 9.77. The summed E-state index contributed by atoms with van der Waals surface area (Å²) in [6.45, 7) is 9.61. The molecule has 1 fully saturated rings. The Morgan fingerprint density at radius 2 is 1.64 bits per heavy atom. The molecule has 1 saturated heterocycles. The van der Waals surface area contributed by atoms with E-state index in [1.165, 1.54) is 5.56 Å². The molecule has 0 unspecified atom stereocenters. The van der Waals surface area contributed by atoms with E-state index in [9.17, 15) is 4.79 Å². The van der Waals surface area contributed by atoms with Gasteiger partial charge in [-0.3, -0.25) is 4.79 Å². The molecule has 0 saturated carbocycles. The van der Waals surface area contributed by atoms with Gasteiger partial charge < -0.3 is 19.3 Å². The van der Waals surface area contributed by atoms with Crippen molar-refractivity contribution in [3.05, 3.63) is 54.1 Å². The van der Waals surface area contributed by atoms with Crippen LogP contribution >= 0.6 is 0 Å². The number of hydrogen-bond acceptors (Lipinski definition) is 4. The zero-order valence-corrected chi connectivity index (χ0v) is 17.3. The third kappa shape index (κ3) is 4.97. The highest BCUT2D eigenvalue weighted by Crippen LogP contribution is 2.24. The fourth-order valence-electron chi connectivity index (χ4n) is 3.31. The lowest BCUT2D eigenvalue weighted by Gasteiger charge is -2.36. The molecule has 5 heteroatoms. The van der Waals surface area contributed by atoms with Crippen molar-refractivity contribution in [1.29, 1.82) is 0 Å². The van der Waals surface area contributed by atoms with E-state index in [4.69, 9.17) is 9.47 Å². The molecule has 2 aromatic carbocycles. The molecule has 3 rings (SSSR count). The van der Waals surface area contributed by atoms with E-state index in [1.807, 2.05) is 35.2 Å². The highest BCUT2D eigenvalue weighted by Gasteiger charge is 2.22. The van der Waals surface area contributed by atoms with Gasteiger partial charge in [-0.25, -0.2) is 0 Å². The van der Waals surface area contributed by atoms with Crippen LogP contribution in [0, 0.1) is 0 Å². The minimum absolute atomic E-state index is 0.0326. The van der Waals surface area contributed by atoms with Crippen molar-refractivity contribution >= 4 is 11.6 Å². The molecule has 0 radical (unpaired) electrons. The van der Waals surface area contributed by atoms with E-state index in [0.29, 0.717) is 13.1 Å². The number of anilines is 1. The average molecular weight is 383 g/mol. The Labute approximate surface area is 167 Å². The van der Waals surface area contributed by atoms with Crippen LogP contribution < -0.4 is 14.4 Å². The Kier molecular flexibility index (Phi) is 6.12. The van der Waals surface area contributed by atoms with Crippen LogP contribution in [0.15, 0.2) is 48.5 Å². The predicted molar refractivity (Wildman–Crippen MR) is 112 cm³/mol. The summed E-state index contributed by atoms with van der Waals surface area (Å²) in [6.07, 6.45) is 0. The van der Waals surface area contributed by atoms with Gasteiger partial charge in [0.2, 0.25) is 0 Å². The lowest BCUT2D eigenvalue weighted by atomic mass is 9.87. The maximum Gasteiger partial charge on any atom is 0.260 e. The SMILES string of the molecule is COc1cccc(N2CCN(C(=O)COc3ccc(C(C)(C)C)cc3)CC2)c1. The Balaban J connectivity index is 1.48. The van der Waals surface area contributed by atoms with E-state index in [1.54, 1.807) is 7.11 Å². The van der Waals surface area contributed by atoms with Gasteiger partial charge in [-0.15, -0.1) is 0 Å². The molecule has 0 aliphatic carbocycles. The van der Waals surface area contributed by atoms with Crippen molar-refractivity contribution in [2.24, 2.45) is 0 Å². The largest absolute Gasteiger partial charge is 0.497 e. The number of ether oxygens (including phenoxy) is 2. The Morgan fingerprint density at radius 3 is 2.25 bits per heavy atom. The quantitative estimate of drug-likeness (QED) is 0.790. The first-order chi connectivity index (χ1) is 13.4. The summed E-state index contributed by atoms with van der Waals surface area (Å²) in [4.78, 5) is 16.7. The van der Waals surface area contributed by atoms with Crippen LogP contribution in [0.3, 0.4) is 0 Å². The van der Waals surface area contributed by atoms with E-state index in [-0.39, 0.29) is 17.9 Å². The Bertz CT molecular complexity index is 788. The first-order valence-corrected chi connectivity index (χ1v) is 9.77. The highest BCUT2D eigenvalue weighted by molar-refractivity contribution is 5.78. The molecular formula is C23H30N2O3. The van der Waals surface area contributed by atoms with Crippen LogP contribution in [-0.2, 0) is 10.2 Å². The highest BCUT2D eigenvalue weighted by atomic mass is 16.5. The normalized spacial score (nSPS) is 14.7.